The molecule has 2 aromatic heterocycles. The van der Waals surface area contributed by atoms with Crippen molar-refractivity contribution < 1.29 is 22.7 Å². The van der Waals surface area contributed by atoms with E-state index in [1.54, 1.807) is 13.8 Å². The van der Waals surface area contributed by atoms with Crippen LogP contribution in [0.1, 0.15) is 19.7 Å². The molecule has 0 saturated carbocycles. The first-order chi connectivity index (χ1) is 9.77. The van der Waals surface area contributed by atoms with Gasteiger partial charge in [0.05, 0.1) is 11.9 Å². The van der Waals surface area contributed by atoms with Gasteiger partial charge in [0.2, 0.25) is 0 Å². The van der Waals surface area contributed by atoms with Gasteiger partial charge in [-0.25, -0.2) is 0 Å². The van der Waals surface area contributed by atoms with Gasteiger partial charge in [0.1, 0.15) is 5.03 Å². The number of esters is 1. The third-order valence-corrected chi connectivity index (χ3v) is 3.09. The summed E-state index contributed by atoms with van der Waals surface area (Å²) in [4.78, 5) is 11.4. The molecule has 0 aliphatic rings. The zero-order valence-electron chi connectivity index (χ0n) is 11.1. The molecule has 0 N–H and O–H groups in total. The van der Waals surface area contributed by atoms with Gasteiger partial charge >= 0.3 is 12.1 Å². The summed E-state index contributed by atoms with van der Waals surface area (Å²) in [6.07, 6.45) is -4.89. The van der Waals surface area contributed by atoms with Crippen molar-refractivity contribution >= 4 is 23.4 Å². The lowest BCUT2D eigenvalue weighted by Crippen LogP contribution is -2.14. The molecule has 10 heteroatoms. The van der Waals surface area contributed by atoms with Gasteiger partial charge in [-0.2, -0.15) is 22.8 Å². The fourth-order valence-corrected chi connectivity index (χ4v) is 2.09. The standard InChI is InChI=1S/C11H11F3N4O2S/c1-6(2)20-9(19)5-21-8-4-3-7-15-16-10(11(12,13)14)18(7)17-8/h3-4,6H,5H2,1-2H3. The first-order valence-electron chi connectivity index (χ1n) is 5.89. The summed E-state index contributed by atoms with van der Waals surface area (Å²) in [5.74, 6) is -1.71. The summed E-state index contributed by atoms with van der Waals surface area (Å²) in [7, 11) is 0. The molecule has 0 spiro atoms. The number of halogens is 3. The van der Waals surface area contributed by atoms with Crippen molar-refractivity contribution in [2.24, 2.45) is 0 Å². The fraction of sp³-hybridized carbons (Fsp3) is 0.455. The van der Waals surface area contributed by atoms with E-state index in [-0.39, 0.29) is 22.5 Å². The second-order valence-corrected chi connectivity index (χ2v) is 5.29. The van der Waals surface area contributed by atoms with Crippen molar-refractivity contribution in [2.45, 2.75) is 31.2 Å². The maximum absolute atomic E-state index is 12.7. The number of carbonyl (C=O) groups excluding carboxylic acids is 1. The average Bonchev–Trinajstić information content (AvgIpc) is 2.78. The lowest BCUT2D eigenvalue weighted by atomic mass is 10.5. The Morgan fingerprint density at radius 1 is 1.38 bits per heavy atom. The van der Waals surface area contributed by atoms with Gasteiger partial charge in [0.15, 0.2) is 5.65 Å². The highest BCUT2D eigenvalue weighted by atomic mass is 32.2. The van der Waals surface area contributed by atoms with Crippen LogP contribution in [0.2, 0.25) is 0 Å². The number of carbonyl (C=O) groups is 1. The molecule has 0 bridgehead atoms. The van der Waals surface area contributed by atoms with Crippen molar-refractivity contribution in [2.75, 3.05) is 5.75 Å². The number of ether oxygens (including phenoxy) is 1. The number of hydrogen-bond acceptors (Lipinski definition) is 6. The van der Waals surface area contributed by atoms with Crippen LogP contribution in [0, 0.1) is 0 Å². The smallest absolute Gasteiger partial charge is 0.453 e. The highest BCUT2D eigenvalue weighted by molar-refractivity contribution is 7.99. The Balaban J connectivity index is 2.17. The van der Waals surface area contributed by atoms with E-state index in [1.807, 2.05) is 0 Å². The number of hydrogen-bond donors (Lipinski definition) is 0. The molecule has 0 aromatic carbocycles. The Morgan fingerprint density at radius 3 is 2.71 bits per heavy atom. The molecule has 0 saturated heterocycles. The van der Waals surface area contributed by atoms with E-state index in [0.717, 1.165) is 11.8 Å². The largest absolute Gasteiger partial charge is 0.462 e. The first-order valence-corrected chi connectivity index (χ1v) is 6.88. The zero-order valence-corrected chi connectivity index (χ0v) is 11.9. The highest BCUT2D eigenvalue weighted by Crippen LogP contribution is 2.28. The number of nitrogens with zero attached hydrogens (tertiary/aromatic N) is 4. The minimum atomic E-state index is -4.65. The molecule has 6 nitrogen and oxygen atoms in total. The minimum absolute atomic E-state index is 0.0172. The van der Waals surface area contributed by atoms with Crippen molar-refractivity contribution in [3.63, 3.8) is 0 Å². The maximum Gasteiger partial charge on any atom is 0.453 e. The lowest BCUT2D eigenvalue weighted by molar-refractivity contribution is -0.146. The quantitative estimate of drug-likeness (QED) is 0.635. The summed E-state index contributed by atoms with van der Waals surface area (Å²) < 4.78 is 43.6. The van der Waals surface area contributed by atoms with Gasteiger partial charge in [0, 0.05) is 0 Å². The van der Waals surface area contributed by atoms with Crippen molar-refractivity contribution in [1.82, 2.24) is 19.8 Å². The van der Waals surface area contributed by atoms with Gasteiger partial charge in [-0.1, -0.05) is 11.8 Å². The minimum Gasteiger partial charge on any atom is -0.462 e. The van der Waals surface area contributed by atoms with Crippen LogP contribution in [0.15, 0.2) is 17.2 Å². The molecular weight excluding hydrogens is 309 g/mol. The molecule has 0 fully saturated rings. The molecule has 2 aromatic rings. The van der Waals surface area contributed by atoms with Gasteiger partial charge in [0.25, 0.3) is 5.82 Å². The zero-order chi connectivity index (χ0) is 15.6. The predicted octanol–water partition coefficient (Wildman–Crippen LogP) is 2.19. The second-order valence-electron chi connectivity index (χ2n) is 4.29. The molecule has 0 amide bonds. The summed E-state index contributed by atoms with van der Waals surface area (Å²) in [5, 5.41) is 10.5. The van der Waals surface area contributed by atoms with Crippen LogP contribution in [-0.4, -0.2) is 37.6 Å². The maximum atomic E-state index is 12.7. The summed E-state index contributed by atoms with van der Waals surface area (Å²) in [5.41, 5.74) is -0.0172. The van der Waals surface area contributed by atoms with Crippen molar-refractivity contribution in [3.05, 3.63) is 18.0 Å². The van der Waals surface area contributed by atoms with Crippen LogP contribution in [-0.2, 0) is 15.7 Å². The Hall–Kier alpha value is -1.84. The number of fused-ring (bicyclic) bond motifs is 1. The van der Waals surface area contributed by atoms with E-state index >= 15 is 0 Å². The molecule has 0 aliphatic carbocycles. The molecule has 114 valence electrons. The van der Waals surface area contributed by atoms with Crippen LogP contribution in [0.5, 0.6) is 0 Å². The summed E-state index contributed by atoms with van der Waals surface area (Å²) in [6.45, 7) is 3.42. The topological polar surface area (TPSA) is 69.4 Å². The van der Waals surface area contributed by atoms with E-state index in [2.05, 4.69) is 15.3 Å². The van der Waals surface area contributed by atoms with Crippen molar-refractivity contribution in [1.29, 1.82) is 0 Å². The highest BCUT2D eigenvalue weighted by Gasteiger charge is 2.37. The third kappa shape index (κ3) is 3.84. The van der Waals surface area contributed by atoms with Crippen LogP contribution >= 0.6 is 11.8 Å². The second kappa shape index (κ2) is 5.88. The van der Waals surface area contributed by atoms with E-state index in [4.69, 9.17) is 4.74 Å². The van der Waals surface area contributed by atoms with Gasteiger partial charge in [-0.05, 0) is 26.0 Å². The molecule has 0 aliphatic heterocycles. The number of thioether (sulfide) groups is 1. The normalized spacial score (nSPS) is 12.1. The van der Waals surface area contributed by atoms with Crippen LogP contribution < -0.4 is 0 Å². The molecule has 0 radical (unpaired) electrons. The van der Waals surface area contributed by atoms with Gasteiger partial charge < -0.3 is 4.74 Å². The van der Waals surface area contributed by atoms with E-state index < -0.39 is 18.0 Å². The SMILES string of the molecule is CC(C)OC(=O)CSc1ccc2nnc(C(F)(F)F)n2n1. The van der Waals surface area contributed by atoms with Crippen LogP contribution in [0.4, 0.5) is 13.2 Å². The lowest BCUT2D eigenvalue weighted by Gasteiger charge is -2.07. The number of alkyl halides is 3. The monoisotopic (exact) mass is 320 g/mol. The molecule has 0 atom stereocenters. The first kappa shape index (κ1) is 15.5. The van der Waals surface area contributed by atoms with Crippen LogP contribution in [0.3, 0.4) is 0 Å². The Labute approximate surface area is 121 Å². The Bertz CT molecular complexity index is 656. The van der Waals surface area contributed by atoms with Crippen molar-refractivity contribution in [3.8, 4) is 0 Å². The Morgan fingerprint density at radius 2 is 2.10 bits per heavy atom. The summed E-state index contributed by atoms with van der Waals surface area (Å²) in [6, 6.07) is 2.82. The molecule has 21 heavy (non-hydrogen) atoms. The average molecular weight is 320 g/mol. The van der Waals surface area contributed by atoms with Gasteiger partial charge in [-0.15, -0.1) is 10.2 Å². The number of aromatic nitrogens is 4. The molecule has 0 unspecified atom stereocenters. The van der Waals surface area contributed by atoms with E-state index in [9.17, 15) is 18.0 Å². The molecular formula is C11H11F3N4O2S. The fourth-order valence-electron chi connectivity index (χ4n) is 1.46. The predicted molar refractivity (Wildman–Crippen MR) is 67.7 cm³/mol. The van der Waals surface area contributed by atoms with Gasteiger partial charge in [-0.3, -0.25) is 4.79 Å². The Kier molecular flexibility index (Phi) is 4.35. The van der Waals surface area contributed by atoms with Crippen LogP contribution in [0.25, 0.3) is 5.65 Å². The van der Waals surface area contributed by atoms with E-state index in [1.165, 1.54) is 12.1 Å². The third-order valence-electron chi connectivity index (χ3n) is 2.20. The molecule has 2 rings (SSSR count). The number of rotatable bonds is 4. The summed E-state index contributed by atoms with van der Waals surface area (Å²) >= 11 is 0.979. The van der Waals surface area contributed by atoms with E-state index in [0.29, 0.717) is 4.52 Å². The molecule has 2 heterocycles.